The molecule has 0 aromatic carbocycles. The number of rotatable bonds is 4. The van der Waals surface area contributed by atoms with E-state index in [1.54, 1.807) is 0 Å². The molecule has 15 heavy (non-hydrogen) atoms. The van der Waals surface area contributed by atoms with E-state index in [4.69, 9.17) is 4.74 Å². The van der Waals surface area contributed by atoms with Gasteiger partial charge in [0.1, 0.15) is 0 Å². The van der Waals surface area contributed by atoms with Crippen molar-refractivity contribution in [2.24, 2.45) is 11.3 Å². The van der Waals surface area contributed by atoms with E-state index >= 15 is 0 Å². The Morgan fingerprint density at radius 2 is 2.07 bits per heavy atom. The van der Waals surface area contributed by atoms with Crippen LogP contribution in [0.25, 0.3) is 0 Å². The van der Waals surface area contributed by atoms with Crippen molar-refractivity contribution in [2.45, 2.75) is 59.1 Å². The molecule has 2 heteroatoms. The van der Waals surface area contributed by atoms with Crippen molar-refractivity contribution in [1.29, 1.82) is 0 Å². The maximum Gasteiger partial charge on any atom is 0.0590 e. The minimum absolute atomic E-state index is 0.433. The lowest BCUT2D eigenvalue weighted by atomic mass is 9.83. The van der Waals surface area contributed by atoms with Crippen molar-refractivity contribution < 1.29 is 4.74 Å². The molecule has 0 saturated carbocycles. The first-order chi connectivity index (χ1) is 6.94. The maximum absolute atomic E-state index is 5.64. The molecule has 1 saturated heterocycles. The minimum Gasteiger partial charge on any atom is -0.378 e. The molecule has 1 N–H and O–H groups in total. The third-order valence-corrected chi connectivity index (χ3v) is 3.53. The van der Waals surface area contributed by atoms with Gasteiger partial charge >= 0.3 is 0 Å². The molecule has 90 valence electrons. The van der Waals surface area contributed by atoms with Crippen molar-refractivity contribution in [3.05, 3.63) is 0 Å². The third-order valence-electron chi connectivity index (χ3n) is 3.53. The van der Waals surface area contributed by atoms with E-state index in [1.165, 1.54) is 19.3 Å². The van der Waals surface area contributed by atoms with Gasteiger partial charge in [-0.05, 0) is 38.6 Å². The summed E-state index contributed by atoms with van der Waals surface area (Å²) in [6.07, 6.45) is 4.19. The lowest BCUT2D eigenvalue weighted by Crippen LogP contribution is -2.37. The highest BCUT2D eigenvalue weighted by molar-refractivity contribution is 4.84. The molecule has 0 aliphatic carbocycles. The smallest absolute Gasteiger partial charge is 0.0590 e. The molecule has 3 unspecified atom stereocenters. The summed E-state index contributed by atoms with van der Waals surface area (Å²) >= 11 is 0. The van der Waals surface area contributed by atoms with Gasteiger partial charge < -0.3 is 10.1 Å². The quantitative estimate of drug-likeness (QED) is 0.775. The second-order valence-corrected chi connectivity index (χ2v) is 6.02. The maximum atomic E-state index is 5.64. The van der Waals surface area contributed by atoms with Crippen LogP contribution in [0.2, 0.25) is 0 Å². The molecule has 1 heterocycles. The Kier molecular flexibility index (Phi) is 4.60. The molecule has 0 radical (unpaired) electrons. The van der Waals surface area contributed by atoms with Gasteiger partial charge in [0.15, 0.2) is 0 Å². The average molecular weight is 213 g/mol. The highest BCUT2D eigenvalue weighted by Gasteiger charge is 2.31. The molecule has 1 aliphatic rings. The summed E-state index contributed by atoms with van der Waals surface area (Å²) in [5.41, 5.74) is 0.442. The van der Waals surface area contributed by atoms with Crippen LogP contribution in [-0.4, -0.2) is 25.8 Å². The molecular formula is C13H27NO. The van der Waals surface area contributed by atoms with Crippen molar-refractivity contribution in [1.82, 2.24) is 5.32 Å². The van der Waals surface area contributed by atoms with Gasteiger partial charge in [0.2, 0.25) is 0 Å². The van der Waals surface area contributed by atoms with Crippen LogP contribution in [0.1, 0.15) is 47.0 Å². The van der Waals surface area contributed by atoms with E-state index in [0.717, 1.165) is 6.61 Å². The number of hydrogen-bond acceptors (Lipinski definition) is 2. The first-order valence-corrected chi connectivity index (χ1v) is 6.23. The Morgan fingerprint density at radius 3 is 2.47 bits per heavy atom. The zero-order chi connectivity index (χ0) is 11.5. The van der Waals surface area contributed by atoms with Crippen LogP contribution < -0.4 is 5.32 Å². The largest absolute Gasteiger partial charge is 0.378 e. The van der Waals surface area contributed by atoms with Gasteiger partial charge in [-0.1, -0.05) is 20.8 Å². The van der Waals surface area contributed by atoms with Crippen molar-refractivity contribution in [3.63, 3.8) is 0 Å². The minimum atomic E-state index is 0.433. The van der Waals surface area contributed by atoms with Gasteiger partial charge in [0.05, 0.1) is 6.10 Å². The molecule has 0 amide bonds. The fourth-order valence-electron chi connectivity index (χ4n) is 2.44. The highest BCUT2D eigenvalue weighted by Crippen LogP contribution is 2.29. The van der Waals surface area contributed by atoms with Crippen LogP contribution in [-0.2, 0) is 4.74 Å². The van der Waals surface area contributed by atoms with Crippen molar-refractivity contribution in [3.8, 4) is 0 Å². The Hall–Kier alpha value is -0.0800. The van der Waals surface area contributed by atoms with E-state index in [2.05, 4.69) is 40.1 Å². The Bertz CT molecular complexity index is 185. The van der Waals surface area contributed by atoms with Gasteiger partial charge in [-0.2, -0.15) is 0 Å². The van der Waals surface area contributed by atoms with E-state index in [1.807, 2.05) is 0 Å². The molecular weight excluding hydrogens is 186 g/mol. The second kappa shape index (κ2) is 5.31. The monoisotopic (exact) mass is 213 g/mol. The third kappa shape index (κ3) is 4.12. The summed E-state index contributed by atoms with van der Waals surface area (Å²) in [5, 5.41) is 3.47. The van der Waals surface area contributed by atoms with E-state index in [0.29, 0.717) is 23.5 Å². The molecule has 3 atom stereocenters. The Balaban J connectivity index is 2.41. The fourth-order valence-corrected chi connectivity index (χ4v) is 2.44. The summed E-state index contributed by atoms with van der Waals surface area (Å²) in [7, 11) is 2.08. The Morgan fingerprint density at radius 1 is 1.40 bits per heavy atom. The average Bonchev–Trinajstić information content (AvgIpc) is 2.52. The fraction of sp³-hybridized carbons (Fsp3) is 1.00. The zero-order valence-corrected chi connectivity index (χ0v) is 11.0. The van der Waals surface area contributed by atoms with Crippen LogP contribution >= 0.6 is 0 Å². The number of nitrogens with one attached hydrogen (secondary N) is 1. The molecule has 1 fully saturated rings. The molecule has 0 spiro atoms. The normalized spacial score (nSPS) is 29.4. The van der Waals surface area contributed by atoms with E-state index < -0.39 is 0 Å². The second-order valence-electron chi connectivity index (χ2n) is 6.02. The lowest BCUT2D eigenvalue weighted by molar-refractivity contribution is 0.0935. The first-order valence-electron chi connectivity index (χ1n) is 6.23. The standard InChI is InChI=1S/C13H27NO/c1-10-11(7-9-15-10)12(14-5)6-8-13(2,3)4/h10-12,14H,6-9H2,1-5H3. The molecule has 0 aromatic heterocycles. The van der Waals surface area contributed by atoms with Gasteiger partial charge in [0.25, 0.3) is 0 Å². The topological polar surface area (TPSA) is 21.3 Å². The molecule has 2 nitrogen and oxygen atoms in total. The number of ether oxygens (including phenoxy) is 1. The molecule has 1 aliphatic heterocycles. The van der Waals surface area contributed by atoms with Crippen LogP contribution in [0.15, 0.2) is 0 Å². The van der Waals surface area contributed by atoms with Crippen LogP contribution in [0.4, 0.5) is 0 Å². The van der Waals surface area contributed by atoms with Crippen LogP contribution in [0, 0.1) is 11.3 Å². The van der Waals surface area contributed by atoms with E-state index in [-0.39, 0.29) is 0 Å². The van der Waals surface area contributed by atoms with Crippen LogP contribution in [0.3, 0.4) is 0 Å². The SMILES string of the molecule is CNC(CCC(C)(C)C)C1CCOC1C. The van der Waals surface area contributed by atoms with Gasteiger partial charge in [-0.3, -0.25) is 0 Å². The van der Waals surface area contributed by atoms with Gasteiger partial charge in [-0.25, -0.2) is 0 Å². The predicted octanol–water partition coefficient (Wildman–Crippen LogP) is 2.83. The predicted molar refractivity (Wildman–Crippen MR) is 65.1 cm³/mol. The summed E-state index contributed by atoms with van der Waals surface area (Å²) in [5.74, 6) is 0.706. The van der Waals surface area contributed by atoms with E-state index in [9.17, 15) is 0 Å². The van der Waals surface area contributed by atoms with Crippen molar-refractivity contribution >= 4 is 0 Å². The molecule has 0 bridgehead atoms. The lowest BCUT2D eigenvalue weighted by Gasteiger charge is -2.28. The summed E-state index contributed by atoms with van der Waals surface area (Å²) in [6.45, 7) is 10.1. The Labute approximate surface area is 94.8 Å². The summed E-state index contributed by atoms with van der Waals surface area (Å²) in [4.78, 5) is 0. The number of hydrogen-bond donors (Lipinski definition) is 1. The first kappa shape index (κ1) is 13.0. The molecule has 1 rings (SSSR count). The van der Waals surface area contributed by atoms with Gasteiger partial charge in [0, 0.05) is 18.6 Å². The van der Waals surface area contributed by atoms with Gasteiger partial charge in [-0.15, -0.1) is 0 Å². The van der Waals surface area contributed by atoms with Crippen molar-refractivity contribution in [2.75, 3.05) is 13.7 Å². The summed E-state index contributed by atoms with van der Waals surface area (Å²) in [6, 6.07) is 0.627. The summed E-state index contributed by atoms with van der Waals surface area (Å²) < 4.78 is 5.64. The van der Waals surface area contributed by atoms with Crippen LogP contribution in [0.5, 0.6) is 0 Å². The highest BCUT2D eigenvalue weighted by atomic mass is 16.5. The molecule has 0 aromatic rings. The zero-order valence-electron chi connectivity index (χ0n) is 11.0.